The summed E-state index contributed by atoms with van der Waals surface area (Å²) in [5, 5.41) is 6.08. The highest BCUT2D eigenvalue weighted by Crippen LogP contribution is 2.37. The predicted molar refractivity (Wildman–Crippen MR) is 105 cm³/mol. The van der Waals surface area contributed by atoms with Crippen LogP contribution >= 0.6 is 0 Å². The van der Waals surface area contributed by atoms with Gasteiger partial charge in [0.2, 0.25) is 5.91 Å². The van der Waals surface area contributed by atoms with E-state index in [1.165, 1.54) is 12.5 Å². The number of rotatable bonds is 2. The standard InChI is InChI=1S/C21H29FN4O2/c22-17-5-1-2-6-18(17)24-20(28)26-11-3-4-16(14-26)19(27)25-12-8-21(9-13-25)7-10-23-15-21/h1-2,5-6,16,23H,3-4,7-15H2,(H,24,28). The van der Waals surface area contributed by atoms with Crippen molar-refractivity contribution in [3.05, 3.63) is 30.1 Å². The molecule has 1 aromatic rings. The van der Waals surface area contributed by atoms with Crippen molar-refractivity contribution in [3.63, 3.8) is 0 Å². The summed E-state index contributed by atoms with van der Waals surface area (Å²) in [7, 11) is 0. The number of nitrogens with zero attached hydrogens (tertiary/aromatic N) is 2. The summed E-state index contributed by atoms with van der Waals surface area (Å²) < 4.78 is 13.8. The van der Waals surface area contributed by atoms with Crippen molar-refractivity contribution in [1.29, 1.82) is 0 Å². The molecule has 1 atom stereocenters. The highest BCUT2D eigenvalue weighted by Gasteiger charge is 2.40. The molecule has 2 N–H and O–H groups in total. The number of para-hydroxylation sites is 1. The Balaban J connectivity index is 1.32. The molecular formula is C21H29FN4O2. The molecule has 152 valence electrons. The molecule has 0 aromatic heterocycles. The second-order valence-corrected chi connectivity index (χ2v) is 8.45. The van der Waals surface area contributed by atoms with E-state index in [2.05, 4.69) is 10.6 Å². The Labute approximate surface area is 165 Å². The molecular weight excluding hydrogens is 359 g/mol. The van der Waals surface area contributed by atoms with E-state index in [0.717, 1.165) is 51.9 Å². The predicted octanol–water partition coefficient (Wildman–Crippen LogP) is 2.67. The van der Waals surface area contributed by atoms with E-state index >= 15 is 0 Å². The number of benzene rings is 1. The minimum Gasteiger partial charge on any atom is -0.342 e. The molecule has 6 nitrogen and oxygen atoms in total. The van der Waals surface area contributed by atoms with Gasteiger partial charge in [0.1, 0.15) is 5.82 Å². The highest BCUT2D eigenvalue weighted by molar-refractivity contribution is 5.90. The van der Waals surface area contributed by atoms with E-state index in [9.17, 15) is 14.0 Å². The second kappa shape index (κ2) is 8.07. The average Bonchev–Trinajstić information content (AvgIpc) is 3.18. The molecule has 0 saturated carbocycles. The molecule has 3 aliphatic rings. The van der Waals surface area contributed by atoms with E-state index in [4.69, 9.17) is 0 Å². The molecule has 3 saturated heterocycles. The average molecular weight is 388 g/mol. The number of hydrogen-bond donors (Lipinski definition) is 2. The second-order valence-electron chi connectivity index (χ2n) is 8.45. The van der Waals surface area contributed by atoms with E-state index < -0.39 is 5.82 Å². The van der Waals surface area contributed by atoms with E-state index in [0.29, 0.717) is 18.5 Å². The summed E-state index contributed by atoms with van der Waals surface area (Å²) in [6.07, 6.45) is 4.95. The fourth-order valence-electron chi connectivity index (χ4n) is 4.80. The number of hydrogen-bond acceptors (Lipinski definition) is 3. The van der Waals surface area contributed by atoms with Gasteiger partial charge in [-0.25, -0.2) is 9.18 Å². The maximum Gasteiger partial charge on any atom is 0.321 e. The molecule has 1 unspecified atom stereocenters. The summed E-state index contributed by atoms with van der Waals surface area (Å²) in [5.74, 6) is -0.441. The van der Waals surface area contributed by atoms with Gasteiger partial charge in [0.25, 0.3) is 0 Å². The Morgan fingerprint density at radius 1 is 1.11 bits per heavy atom. The number of piperidine rings is 2. The van der Waals surface area contributed by atoms with Crippen LogP contribution in [0.15, 0.2) is 24.3 Å². The van der Waals surface area contributed by atoms with Gasteiger partial charge in [0.05, 0.1) is 11.6 Å². The maximum absolute atomic E-state index is 13.8. The number of nitrogens with one attached hydrogen (secondary N) is 2. The van der Waals surface area contributed by atoms with Gasteiger partial charge in [-0.1, -0.05) is 12.1 Å². The van der Waals surface area contributed by atoms with Gasteiger partial charge in [-0.15, -0.1) is 0 Å². The van der Waals surface area contributed by atoms with E-state index in [-0.39, 0.29) is 23.5 Å². The minimum absolute atomic E-state index is 0.157. The fourth-order valence-corrected chi connectivity index (χ4v) is 4.80. The lowest BCUT2D eigenvalue weighted by atomic mass is 9.77. The van der Waals surface area contributed by atoms with Crippen LogP contribution < -0.4 is 10.6 Å². The van der Waals surface area contributed by atoms with Crippen LogP contribution in [0, 0.1) is 17.2 Å². The Bertz CT molecular complexity index is 725. The van der Waals surface area contributed by atoms with E-state index in [1.54, 1.807) is 23.1 Å². The zero-order valence-electron chi connectivity index (χ0n) is 16.3. The van der Waals surface area contributed by atoms with Gasteiger partial charge < -0.3 is 20.4 Å². The summed E-state index contributed by atoms with van der Waals surface area (Å²) >= 11 is 0. The molecule has 3 fully saturated rings. The molecule has 0 bridgehead atoms. The summed E-state index contributed by atoms with van der Waals surface area (Å²) in [4.78, 5) is 29.2. The molecule has 0 radical (unpaired) electrons. The van der Waals surface area contributed by atoms with Gasteiger partial charge >= 0.3 is 6.03 Å². The molecule has 0 aliphatic carbocycles. The van der Waals surface area contributed by atoms with Crippen LogP contribution in [0.1, 0.15) is 32.1 Å². The monoisotopic (exact) mass is 388 g/mol. The van der Waals surface area contributed by atoms with Crippen LogP contribution in [0.4, 0.5) is 14.9 Å². The smallest absolute Gasteiger partial charge is 0.321 e. The first kappa shape index (κ1) is 19.2. The van der Waals surface area contributed by atoms with Gasteiger partial charge in [-0.3, -0.25) is 4.79 Å². The molecule has 4 rings (SSSR count). The summed E-state index contributed by atoms with van der Waals surface area (Å²) in [6.45, 7) is 4.79. The summed E-state index contributed by atoms with van der Waals surface area (Å²) in [6, 6.07) is 5.80. The number of likely N-dealkylation sites (tertiary alicyclic amines) is 2. The van der Waals surface area contributed by atoms with Crippen molar-refractivity contribution in [2.24, 2.45) is 11.3 Å². The van der Waals surface area contributed by atoms with Gasteiger partial charge in [-0.2, -0.15) is 0 Å². The highest BCUT2D eigenvalue weighted by atomic mass is 19.1. The maximum atomic E-state index is 13.8. The number of anilines is 1. The normalized spacial score (nSPS) is 24.4. The van der Waals surface area contributed by atoms with Crippen LogP contribution in [-0.4, -0.2) is 61.0 Å². The van der Waals surface area contributed by atoms with Crippen molar-refractivity contribution in [3.8, 4) is 0 Å². The number of amides is 3. The molecule has 28 heavy (non-hydrogen) atoms. The SMILES string of the molecule is O=C(Nc1ccccc1F)N1CCCC(C(=O)N2CCC3(CCNC3)CC2)C1. The Kier molecular flexibility index (Phi) is 5.53. The van der Waals surface area contributed by atoms with Gasteiger partial charge in [0, 0.05) is 32.7 Å². The van der Waals surface area contributed by atoms with Crippen LogP contribution in [0.3, 0.4) is 0 Å². The lowest BCUT2D eigenvalue weighted by molar-refractivity contribution is -0.139. The Morgan fingerprint density at radius 2 is 1.89 bits per heavy atom. The number of halogens is 1. The zero-order chi connectivity index (χ0) is 19.6. The third kappa shape index (κ3) is 3.99. The van der Waals surface area contributed by atoms with Gasteiger partial charge in [-0.05, 0) is 56.2 Å². The van der Waals surface area contributed by atoms with Crippen molar-refractivity contribution in [2.45, 2.75) is 32.1 Å². The molecule has 1 aromatic carbocycles. The van der Waals surface area contributed by atoms with E-state index in [1.807, 2.05) is 4.90 Å². The fraction of sp³-hybridized carbons (Fsp3) is 0.619. The van der Waals surface area contributed by atoms with Crippen LogP contribution in [0.2, 0.25) is 0 Å². The Hall–Kier alpha value is -2.15. The Morgan fingerprint density at radius 3 is 2.61 bits per heavy atom. The molecule has 3 aliphatic heterocycles. The van der Waals surface area contributed by atoms with Crippen molar-refractivity contribution in [1.82, 2.24) is 15.1 Å². The molecule has 1 spiro atoms. The quantitative estimate of drug-likeness (QED) is 0.819. The van der Waals surface area contributed by atoms with Crippen molar-refractivity contribution >= 4 is 17.6 Å². The minimum atomic E-state index is -0.455. The third-order valence-electron chi connectivity index (χ3n) is 6.64. The zero-order valence-corrected chi connectivity index (χ0v) is 16.3. The van der Waals surface area contributed by atoms with Crippen molar-refractivity contribution < 1.29 is 14.0 Å². The molecule has 7 heteroatoms. The number of carbonyl (C=O) groups excluding carboxylic acids is 2. The first-order valence-corrected chi connectivity index (χ1v) is 10.4. The first-order valence-electron chi connectivity index (χ1n) is 10.4. The van der Waals surface area contributed by atoms with Crippen LogP contribution in [0.5, 0.6) is 0 Å². The van der Waals surface area contributed by atoms with Crippen LogP contribution in [0.25, 0.3) is 0 Å². The lowest BCUT2D eigenvalue weighted by Gasteiger charge is -2.41. The number of urea groups is 1. The molecule has 3 amide bonds. The first-order chi connectivity index (χ1) is 13.6. The molecule has 3 heterocycles. The summed E-state index contributed by atoms with van der Waals surface area (Å²) in [5.41, 5.74) is 0.558. The largest absolute Gasteiger partial charge is 0.342 e. The third-order valence-corrected chi connectivity index (χ3v) is 6.64. The van der Waals surface area contributed by atoms with Crippen molar-refractivity contribution in [2.75, 3.05) is 44.6 Å². The lowest BCUT2D eigenvalue weighted by Crippen LogP contribution is -2.51. The van der Waals surface area contributed by atoms with Crippen LogP contribution in [-0.2, 0) is 4.79 Å². The topological polar surface area (TPSA) is 64.7 Å². The number of carbonyl (C=O) groups is 2. The van der Waals surface area contributed by atoms with Gasteiger partial charge in [0.15, 0.2) is 0 Å².